The number of aliphatic hydroxyl groups excluding tert-OH is 1. The first-order valence-corrected chi connectivity index (χ1v) is 5.96. The second kappa shape index (κ2) is 5.88. The number of carbonyl (C=O) groups excluding carboxylic acids is 1. The van der Waals surface area contributed by atoms with Gasteiger partial charge in [0, 0.05) is 12.0 Å². The predicted molar refractivity (Wildman–Crippen MR) is 59.9 cm³/mol. The molecule has 0 saturated carbocycles. The summed E-state index contributed by atoms with van der Waals surface area (Å²) in [6, 6.07) is 0. The van der Waals surface area contributed by atoms with Crippen molar-refractivity contribution in [2.75, 3.05) is 32.8 Å². The molecule has 0 aliphatic carbocycles. The van der Waals surface area contributed by atoms with Crippen molar-refractivity contribution in [2.24, 2.45) is 5.41 Å². The Morgan fingerprint density at radius 3 is 2.39 bits per heavy atom. The normalized spacial score (nSPS) is 19.6. The van der Waals surface area contributed by atoms with Gasteiger partial charge in [0.2, 0.25) is 5.91 Å². The lowest BCUT2D eigenvalue weighted by atomic mass is 9.79. The van der Waals surface area contributed by atoms with Crippen LogP contribution in [0.15, 0.2) is 0 Å². The zero-order valence-electron chi connectivity index (χ0n) is 10.4. The molecule has 0 bridgehead atoms. The Labute approximate surface area is 104 Å². The van der Waals surface area contributed by atoms with Gasteiger partial charge in [-0.25, -0.2) is 0 Å². The number of nitrogens with one attached hydrogen (secondary N) is 1. The van der Waals surface area contributed by atoms with Crippen LogP contribution in [0.2, 0.25) is 0 Å². The molecule has 0 aromatic heterocycles. The lowest BCUT2D eigenvalue weighted by Gasteiger charge is -2.37. The van der Waals surface area contributed by atoms with E-state index >= 15 is 0 Å². The SMILES string of the molecule is CC1(C(=O)N(CCO)CC(F)(F)F)CCNCC1. The molecule has 0 aromatic rings. The minimum atomic E-state index is -4.44. The van der Waals surface area contributed by atoms with Crippen molar-refractivity contribution in [1.29, 1.82) is 0 Å². The first-order chi connectivity index (χ1) is 8.28. The molecule has 0 unspecified atom stereocenters. The van der Waals surface area contributed by atoms with Gasteiger partial charge in [0.25, 0.3) is 0 Å². The number of nitrogens with zero attached hydrogens (tertiary/aromatic N) is 1. The van der Waals surface area contributed by atoms with Crippen LogP contribution in [-0.2, 0) is 4.79 Å². The first-order valence-electron chi connectivity index (χ1n) is 5.96. The summed E-state index contributed by atoms with van der Waals surface area (Å²) < 4.78 is 37.2. The van der Waals surface area contributed by atoms with E-state index in [1.807, 2.05) is 0 Å². The van der Waals surface area contributed by atoms with Gasteiger partial charge in [0.1, 0.15) is 6.54 Å². The lowest BCUT2D eigenvalue weighted by Crippen LogP contribution is -2.50. The highest BCUT2D eigenvalue weighted by Crippen LogP contribution is 2.31. The van der Waals surface area contributed by atoms with Crippen LogP contribution >= 0.6 is 0 Å². The summed E-state index contributed by atoms with van der Waals surface area (Å²) in [6.45, 7) is 0.909. The molecule has 1 heterocycles. The predicted octanol–water partition coefficient (Wildman–Crippen LogP) is 0.759. The van der Waals surface area contributed by atoms with Gasteiger partial charge in [0.15, 0.2) is 0 Å². The Kier molecular flexibility index (Phi) is 4.98. The molecule has 1 saturated heterocycles. The summed E-state index contributed by atoms with van der Waals surface area (Å²) in [6.07, 6.45) is -3.40. The van der Waals surface area contributed by atoms with Crippen molar-refractivity contribution in [3.05, 3.63) is 0 Å². The fraction of sp³-hybridized carbons (Fsp3) is 0.909. The minimum Gasteiger partial charge on any atom is -0.395 e. The fourth-order valence-corrected chi connectivity index (χ4v) is 2.16. The third kappa shape index (κ3) is 4.13. The van der Waals surface area contributed by atoms with Crippen LogP contribution in [0, 0.1) is 5.41 Å². The van der Waals surface area contributed by atoms with Gasteiger partial charge in [-0.15, -0.1) is 0 Å². The van der Waals surface area contributed by atoms with E-state index in [-0.39, 0.29) is 6.54 Å². The fourth-order valence-electron chi connectivity index (χ4n) is 2.16. The van der Waals surface area contributed by atoms with E-state index in [4.69, 9.17) is 5.11 Å². The van der Waals surface area contributed by atoms with E-state index in [1.54, 1.807) is 6.92 Å². The standard InChI is InChI=1S/C11H19F3N2O2/c1-10(2-4-15-5-3-10)9(18)16(6-7-17)8-11(12,13)14/h15,17H,2-8H2,1H3. The summed E-state index contributed by atoms with van der Waals surface area (Å²) in [7, 11) is 0. The number of piperidine rings is 1. The Morgan fingerprint density at radius 1 is 1.39 bits per heavy atom. The van der Waals surface area contributed by atoms with Crippen LogP contribution in [0.4, 0.5) is 13.2 Å². The molecule has 7 heteroatoms. The minimum absolute atomic E-state index is 0.276. The van der Waals surface area contributed by atoms with Crippen molar-refractivity contribution in [2.45, 2.75) is 25.9 Å². The smallest absolute Gasteiger partial charge is 0.395 e. The molecule has 2 N–H and O–H groups in total. The highest BCUT2D eigenvalue weighted by Gasteiger charge is 2.41. The number of amides is 1. The maximum absolute atomic E-state index is 12.4. The number of alkyl halides is 3. The van der Waals surface area contributed by atoms with Gasteiger partial charge in [-0.05, 0) is 25.9 Å². The molecule has 18 heavy (non-hydrogen) atoms. The molecule has 0 radical (unpaired) electrons. The Morgan fingerprint density at radius 2 is 1.94 bits per heavy atom. The Hall–Kier alpha value is -0.820. The van der Waals surface area contributed by atoms with Crippen molar-refractivity contribution < 1.29 is 23.1 Å². The van der Waals surface area contributed by atoms with Crippen LogP contribution < -0.4 is 5.32 Å². The van der Waals surface area contributed by atoms with Crippen LogP contribution in [0.5, 0.6) is 0 Å². The molecule has 1 aliphatic heterocycles. The van der Waals surface area contributed by atoms with Crippen LogP contribution in [0.1, 0.15) is 19.8 Å². The monoisotopic (exact) mass is 268 g/mol. The molecule has 1 aliphatic rings. The molecular formula is C11H19F3N2O2. The molecular weight excluding hydrogens is 249 g/mol. The van der Waals surface area contributed by atoms with E-state index in [1.165, 1.54) is 0 Å². The number of carbonyl (C=O) groups is 1. The van der Waals surface area contributed by atoms with Crippen LogP contribution in [0.3, 0.4) is 0 Å². The summed E-state index contributed by atoms with van der Waals surface area (Å²) >= 11 is 0. The summed E-state index contributed by atoms with van der Waals surface area (Å²) in [5.41, 5.74) is -0.758. The molecule has 0 aromatic carbocycles. The summed E-state index contributed by atoms with van der Waals surface area (Å²) in [4.78, 5) is 12.9. The molecule has 0 atom stereocenters. The van der Waals surface area contributed by atoms with Gasteiger partial charge in [-0.2, -0.15) is 13.2 Å². The van der Waals surface area contributed by atoms with E-state index in [0.29, 0.717) is 30.8 Å². The average Bonchev–Trinajstić information content (AvgIpc) is 2.27. The number of hydrogen-bond donors (Lipinski definition) is 2. The number of hydrogen-bond acceptors (Lipinski definition) is 3. The van der Waals surface area contributed by atoms with Crippen molar-refractivity contribution in [3.63, 3.8) is 0 Å². The molecule has 106 valence electrons. The largest absolute Gasteiger partial charge is 0.406 e. The Bertz CT molecular complexity index is 289. The Balaban J connectivity index is 2.74. The number of aliphatic hydroxyl groups is 1. The van der Waals surface area contributed by atoms with E-state index < -0.39 is 30.7 Å². The van der Waals surface area contributed by atoms with Crippen molar-refractivity contribution in [1.82, 2.24) is 10.2 Å². The van der Waals surface area contributed by atoms with Gasteiger partial charge in [-0.1, -0.05) is 6.92 Å². The molecule has 0 spiro atoms. The van der Waals surface area contributed by atoms with E-state index in [9.17, 15) is 18.0 Å². The van der Waals surface area contributed by atoms with E-state index in [2.05, 4.69) is 5.32 Å². The third-order valence-electron chi connectivity index (χ3n) is 3.25. The lowest BCUT2D eigenvalue weighted by molar-refractivity contribution is -0.169. The number of rotatable bonds is 4. The van der Waals surface area contributed by atoms with Gasteiger partial charge < -0.3 is 15.3 Å². The maximum Gasteiger partial charge on any atom is 0.406 e. The summed E-state index contributed by atoms with van der Waals surface area (Å²) in [5.74, 6) is -0.518. The second-order valence-corrected chi connectivity index (χ2v) is 4.88. The average molecular weight is 268 g/mol. The third-order valence-corrected chi connectivity index (χ3v) is 3.25. The zero-order chi connectivity index (χ0) is 13.8. The van der Waals surface area contributed by atoms with Crippen molar-refractivity contribution >= 4 is 5.91 Å². The molecule has 4 nitrogen and oxygen atoms in total. The quantitative estimate of drug-likeness (QED) is 0.791. The summed E-state index contributed by atoms with van der Waals surface area (Å²) in [5, 5.41) is 11.9. The zero-order valence-corrected chi connectivity index (χ0v) is 10.4. The van der Waals surface area contributed by atoms with Gasteiger partial charge >= 0.3 is 6.18 Å². The highest BCUT2D eigenvalue weighted by atomic mass is 19.4. The topological polar surface area (TPSA) is 52.6 Å². The first kappa shape index (κ1) is 15.2. The van der Waals surface area contributed by atoms with Gasteiger partial charge in [-0.3, -0.25) is 4.79 Å². The number of halogens is 3. The van der Waals surface area contributed by atoms with Crippen LogP contribution in [-0.4, -0.2) is 54.9 Å². The second-order valence-electron chi connectivity index (χ2n) is 4.88. The van der Waals surface area contributed by atoms with E-state index in [0.717, 1.165) is 0 Å². The van der Waals surface area contributed by atoms with Crippen molar-refractivity contribution in [3.8, 4) is 0 Å². The molecule has 1 fully saturated rings. The maximum atomic E-state index is 12.4. The molecule has 1 amide bonds. The van der Waals surface area contributed by atoms with Crippen LogP contribution in [0.25, 0.3) is 0 Å². The highest BCUT2D eigenvalue weighted by molar-refractivity contribution is 5.82. The van der Waals surface area contributed by atoms with Gasteiger partial charge in [0.05, 0.1) is 6.61 Å². The molecule has 1 rings (SSSR count).